The molecule has 10 heteroatoms. The second kappa shape index (κ2) is 15.0. The van der Waals surface area contributed by atoms with Crippen LogP contribution in [0.3, 0.4) is 0 Å². The maximum Gasteiger partial charge on any atom is 0.338 e. The Morgan fingerprint density at radius 1 is 0.959 bits per heavy atom. The number of carbonyl (C=O) groups is 1. The molecule has 0 bridgehead atoms. The van der Waals surface area contributed by atoms with E-state index in [4.69, 9.17) is 23.9 Å². The number of thiazole rings is 1. The standard InChI is InChI=1S/C39H37IN2O6S/c1-6-45-32-20-26(19-30(40)36(32)47-22-25-16-17-27-12-8-9-13-28(27)18-25)21-33-37(43)42-35(29-14-10-11-15-31(29)48-23(3)4)34(38(44)46-7-2)24(5)41-39(42)49-33/h8-21,23,35H,6-7,22H2,1-5H3/b33-21+/t35-/m0/s1. The van der Waals surface area contributed by atoms with Crippen molar-refractivity contribution in [1.29, 1.82) is 0 Å². The zero-order valence-corrected chi connectivity index (χ0v) is 31.0. The number of para-hydroxylation sites is 1. The van der Waals surface area contributed by atoms with Gasteiger partial charge in [-0.2, -0.15) is 0 Å². The molecule has 1 aromatic heterocycles. The summed E-state index contributed by atoms with van der Waals surface area (Å²) in [7, 11) is 0. The highest BCUT2D eigenvalue weighted by Crippen LogP contribution is 2.37. The Hall–Kier alpha value is -4.42. The number of carbonyl (C=O) groups excluding carboxylic acids is 1. The monoisotopic (exact) mass is 788 g/mol. The number of fused-ring (bicyclic) bond motifs is 2. The minimum Gasteiger partial charge on any atom is -0.491 e. The molecule has 0 fully saturated rings. The van der Waals surface area contributed by atoms with Gasteiger partial charge in [-0.1, -0.05) is 65.9 Å². The van der Waals surface area contributed by atoms with Crippen molar-refractivity contribution in [3.8, 4) is 17.2 Å². The Bertz CT molecular complexity index is 2250. The maximum atomic E-state index is 14.3. The smallest absolute Gasteiger partial charge is 0.338 e. The molecule has 0 saturated heterocycles. The average Bonchev–Trinajstić information content (AvgIpc) is 3.37. The summed E-state index contributed by atoms with van der Waals surface area (Å²) in [5.41, 5.74) is 3.04. The predicted molar refractivity (Wildman–Crippen MR) is 201 cm³/mol. The molecule has 0 N–H and O–H groups in total. The lowest BCUT2D eigenvalue weighted by atomic mass is 9.95. The van der Waals surface area contributed by atoms with Crippen LogP contribution in [0, 0.1) is 3.57 Å². The third-order valence-corrected chi connectivity index (χ3v) is 9.70. The number of rotatable bonds is 11. The molecule has 252 valence electrons. The van der Waals surface area contributed by atoms with Crippen molar-refractivity contribution in [3.05, 3.63) is 130 Å². The number of hydrogen-bond donors (Lipinski definition) is 0. The van der Waals surface area contributed by atoms with E-state index in [1.807, 2.05) is 75.4 Å². The van der Waals surface area contributed by atoms with Gasteiger partial charge in [-0.15, -0.1) is 0 Å². The first kappa shape index (κ1) is 34.4. The van der Waals surface area contributed by atoms with Crippen LogP contribution in [0.5, 0.6) is 17.2 Å². The number of benzene rings is 4. The van der Waals surface area contributed by atoms with Gasteiger partial charge >= 0.3 is 5.97 Å². The second-order valence-electron chi connectivity index (χ2n) is 11.7. The SMILES string of the molecule is CCOC(=O)C1=C(C)N=c2s/c(=C/c3cc(I)c(OCc4ccc5ccccc5c4)c(OCC)c3)c(=O)n2[C@H]1c1ccccc1OC(C)C. The van der Waals surface area contributed by atoms with Gasteiger partial charge in [0.25, 0.3) is 5.56 Å². The van der Waals surface area contributed by atoms with Gasteiger partial charge in [-0.3, -0.25) is 9.36 Å². The number of halogens is 1. The fourth-order valence-electron chi connectivity index (χ4n) is 5.86. The summed E-state index contributed by atoms with van der Waals surface area (Å²) in [5.74, 6) is 1.30. The van der Waals surface area contributed by atoms with Crippen LogP contribution in [0.15, 0.2) is 99.9 Å². The van der Waals surface area contributed by atoms with Crippen LogP contribution in [0.2, 0.25) is 0 Å². The molecular formula is C39H37IN2O6S. The van der Waals surface area contributed by atoms with E-state index in [2.05, 4.69) is 52.9 Å². The lowest BCUT2D eigenvalue weighted by molar-refractivity contribution is -0.139. The van der Waals surface area contributed by atoms with Crippen LogP contribution < -0.4 is 29.1 Å². The third-order valence-electron chi connectivity index (χ3n) is 7.92. The van der Waals surface area contributed by atoms with Crippen LogP contribution >= 0.6 is 33.9 Å². The van der Waals surface area contributed by atoms with E-state index in [1.165, 1.54) is 16.7 Å². The molecule has 0 spiro atoms. The first-order valence-corrected chi connectivity index (χ1v) is 18.1. The fourth-order valence-corrected chi connectivity index (χ4v) is 7.69. The summed E-state index contributed by atoms with van der Waals surface area (Å²) in [6, 6.07) is 25.1. The van der Waals surface area contributed by atoms with Gasteiger partial charge in [-0.25, -0.2) is 9.79 Å². The molecular weight excluding hydrogens is 751 g/mol. The average molecular weight is 789 g/mol. The van der Waals surface area contributed by atoms with E-state index in [1.54, 1.807) is 18.4 Å². The van der Waals surface area contributed by atoms with Crippen molar-refractivity contribution < 1.29 is 23.7 Å². The van der Waals surface area contributed by atoms with E-state index in [0.717, 1.165) is 20.1 Å². The Labute approximate surface area is 302 Å². The summed E-state index contributed by atoms with van der Waals surface area (Å²) >= 11 is 3.52. The summed E-state index contributed by atoms with van der Waals surface area (Å²) < 4.78 is 26.9. The summed E-state index contributed by atoms with van der Waals surface area (Å²) in [6.45, 7) is 10.3. The third kappa shape index (κ3) is 7.30. The maximum absolute atomic E-state index is 14.3. The number of hydrogen-bond acceptors (Lipinski definition) is 8. The second-order valence-corrected chi connectivity index (χ2v) is 13.9. The minimum atomic E-state index is -0.780. The van der Waals surface area contributed by atoms with Crippen LogP contribution in [-0.2, 0) is 16.1 Å². The molecule has 0 aliphatic carbocycles. The van der Waals surface area contributed by atoms with Gasteiger partial charge in [0.15, 0.2) is 16.3 Å². The van der Waals surface area contributed by atoms with Crippen LogP contribution in [-0.4, -0.2) is 29.9 Å². The number of esters is 1. The molecule has 4 aromatic carbocycles. The van der Waals surface area contributed by atoms with Crippen LogP contribution in [0.25, 0.3) is 16.8 Å². The topological polar surface area (TPSA) is 88.4 Å². The highest BCUT2D eigenvalue weighted by Gasteiger charge is 2.35. The number of ether oxygens (including phenoxy) is 4. The van der Waals surface area contributed by atoms with Gasteiger partial charge < -0.3 is 18.9 Å². The van der Waals surface area contributed by atoms with Crippen LogP contribution in [0.1, 0.15) is 57.4 Å². The summed E-state index contributed by atoms with van der Waals surface area (Å²) in [5, 5.41) is 2.33. The number of aromatic nitrogens is 1. The number of allylic oxidation sites excluding steroid dienone is 1. The molecule has 49 heavy (non-hydrogen) atoms. The van der Waals surface area contributed by atoms with Crippen molar-refractivity contribution in [2.24, 2.45) is 4.99 Å². The van der Waals surface area contributed by atoms with E-state index < -0.39 is 12.0 Å². The zero-order valence-electron chi connectivity index (χ0n) is 28.0. The first-order chi connectivity index (χ1) is 23.7. The highest BCUT2D eigenvalue weighted by atomic mass is 127. The lowest BCUT2D eigenvalue weighted by Crippen LogP contribution is -2.40. The molecule has 0 radical (unpaired) electrons. The van der Waals surface area contributed by atoms with Crippen molar-refractivity contribution in [3.63, 3.8) is 0 Å². The minimum absolute atomic E-state index is 0.116. The lowest BCUT2D eigenvalue weighted by Gasteiger charge is -2.26. The molecule has 5 aromatic rings. The first-order valence-electron chi connectivity index (χ1n) is 16.2. The number of nitrogens with zero attached hydrogens (tertiary/aromatic N) is 2. The van der Waals surface area contributed by atoms with Crippen molar-refractivity contribution in [2.45, 2.75) is 53.4 Å². The van der Waals surface area contributed by atoms with E-state index >= 15 is 0 Å². The molecule has 6 rings (SSSR count). The molecule has 0 saturated carbocycles. The van der Waals surface area contributed by atoms with Gasteiger partial charge in [0.2, 0.25) is 0 Å². The Balaban J connectivity index is 1.41. The molecule has 0 amide bonds. The molecule has 0 unspecified atom stereocenters. The van der Waals surface area contributed by atoms with Crippen molar-refractivity contribution in [2.75, 3.05) is 13.2 Å². The van der Waals surface area contributed by atoms with Gasteiger partial charge in [0, 0.05) is 5.56 Å². The largest absolute Gasteiger partial charge is 0.491 e. The Morgan fingerprint density at radius 2 is 1.71 bits per heavy atom. The molecule has 1 aliphatic heterocycles. The zero-order chi connectivity index (χ0) is 34.7. The molecule has 8 nitrogen and oxygen atoms in total. The van der Waals surface area contributed by atoms with Crippen molar-refractivity contribution in [1.82, 2.24) is 4.57 Å². The van der Waals surface area contributed by atoms with E-state index in [-0.39, 0.29) is 18.3 Å². The van der Waals surface area contributed by atoms with Gasteiger partial charge in [0.05, 0.1) is 38.7 Å². The predicted octanol–water partition coefficient (Wildman–Crippen LogP) is 7.32. The van der Waals surface area contributed by atoms with Gasteiger partial charge in [0.1, 0.15) is 18.4 Å². The normalized spacial score (nSPS) is 14.5. The fraction of sp³-hybridized carbons (Fsp3) is 0.256. The van der Waals surface area contributed by atoms with E-state index in [0.29, 0.717) is 56.6 Å². The van der Waals surface area contributed by atoms with Gasteiger partial charge in [-0.05, 0) is 109 Å². The summed E-state index contributed by atoms with van der Waals surface area (Å²) in [6.07, 6.45) is 1.72. The van der Waals surface area contributed by atoms with E-state index in [9.17, 15) is 9.59 Å². The molecule has 1 atom stereocenters. The van der Waals surface area contributed by atoms with Crippen molar-refractivity contribution >= 4 is 56.7 Å². The molecule has 2 heterocycles. The quantitative estimate of drug-likeness (QED) is 0.103. The summed E-state index contributed by atoms with van der Waals surface area (Å²) in [4.78, 5) is 32.9. The van der Waals surface area contributed by atoms with Crippen LogP contribution in [0.4, 0.5) is 0 Å². The Morgan fingerprint density at radius 3 is 2.47 bits per heavy atom. The molecule has 1 aliphatic rings. The Kier molecular flexibility index (Phi) is 10.5. The highest BCUT2D eigenvalue weighted by molar-refractivity contribution is 14.1.